The third-order valence-electron chi connectivity index (χ3n) is 4.89. The summed E-state index contributed by atoms with van der Waals surface area (Å²) < 4.78 is 10.5. The molecule has 128 valence electrons. The van der Waals surface area contributed by atoms with Gasteiger partial charge in [0, 0.05) is 39.3 Å². The lowest BCUT2D eigenvalue weighted by atomic mass is 9.95. The average Bonchev–Trinajstić information content (AvgIpc) is 2.93. The lowest BCUT2D eigenvalue weighted by Crippen LogP contribution is -2.46. The fourth-order valence-electron chi connectivity index (χ4n) is 3.75. The molecule has 23 heavy (non-hydrogen) atoms. The van der Waals surface area contributed by atoms with Crippen LogP contribution in [0.25, 0.3) is 0 Å². The quantitative estimate of drug-likeness (QED) is 0.810. The SMILES string of the molecule is COCCN1C[C@@H]2CC[C@H]1CN(CC(=O)NCc1ccco1)C2. The summed E-state index contributed by atoms with van der Waals surface area (Å²) in [5, 5.41) is 2.94. The van der Waals surface area contributed by atoms with Crippen LogP contribution in [0, 0.1) is 5.92 Å². The van der Waals surface area contributed by atoms with Gasteiger partial charge in [-0.15, -0.1) is 0 Å². The minimum absolute atomic E-state index is 0.0751. The lowest BCUT2D eigenvalue weighted by Gasteiger charge is -2.35. The molecule has 1 N–H and O–H groups in total. The largest absolute Gasteiger partial charge is 0.467 e. The summed E-state index contributed by atoms with van der Waals surface area (Å²) in [4.78, 5) is 17.0. The maximum absolute atomic E-state index is 12.2. The highest BCUT2D eigenvalue weighted by atomic mass is 16.5. The van der Waals surface area contributed by atoms with Gasteiger partial charge in [-0.3, -0.25) is 14.6 Å². The van der Waals surface area contributed by atoms with E-state index in [0.29, 0.717) is 25.0 Å². The number of piperidine rings is 1. The van der Waals surface area contributed by atoms with E-state index in [1.165, 1.54) is 12.8 Å². The van der Waals surface area contributed by atoms with Crippen molar-refractivity contribution in [2.75, 3.05) is 46.4 Å². The van der Waals surface area contributed by atoms with Crippen LogP contribution in [0.1, 0.15) is 18.6 Å². The van der Waals surface area contributed by atoms with Crippen LogP contribution in [-0.2, 0) is 16.1 Å². The van der Waals surface area contributed by atoms with Crippen molar-refractivity contribution >= 4 is 5.91 Å². The molecule has 0 aliphatic carbocycles. The van der Waals surface area contributed by atoms with Crippen molar-refractivity contribution in [1.29, 1.82) is 0 Å². The number of methoxy groups -OCH3 is 1. The van der Waals surface area contributed by atoms with E-state index >= 15 is 0 Å². The predicted octanol–water partition coefficient (Wildman–Crippen LogP) is 0.938. The second kappa shape index (κ2) is 7.95. The van der Waals surface area contributed by atoms with Gasteiger partial charge in [0.15, 0.2) is 0 Å². The Hall–Kier alpha value is -1.37. The van der Waals surface area contributed by atoms with Crippen molar-refractivity contribution in [3.63, 3.8) is 0 Å². The topological polar surface area (TPSA) is 58.0 Å². The highest BCUT2D eigenvalue weighted by Gasteiger charge is 2.34. The first-order valence-electron chi connectivity index (χ1n) is 8.49. The Morgan fingerprint density at radius 3 is 3.09 bits per heavy atom. The molecule has 0 spiro atoms. The van der Waals surface area contributed by atoms with Gasteiger partial charge in [-0.05, 0) is 30.9 Å². The van der Waals surface area contributed by atoms with Crippen LogP contribution in [-0.4, -0.2) is 68.2 Å². The van der Waals surface area contributed by atoms with Crippen LogP contribution in [0.3, 0.4) is 0 Å². The van der Waals surface area contributed by atoms with Gasteiger partial charge in [0.1, 0.15) is 5.76 Å². The molecule has 6 nitrogen and oxygen atoms in total. The molecule has 0 saturated carbocycles. The first kappa shape index (κ1) is 16.5. The number of furan rings is 1. The van der Waals surface area contributed by atoms with E-state index in [4.69, 9.17) is 9.15 Å². The van der Waals surface area contributed by atoms with E-state index < -0.39 is 0 Å². The van der Waals surface area contributed by atoms with Crippen LogP contribution < -0.4 is 5.32 Å². The van der Waals surface area contributed by atoms with Gasteiger partial charge in [0.2, 0.25) is 5.91 Å². The number of amides is 1. The molecule has 1 aromatic heterocycles. The summed E-state index contributed by atoms with van der Waals surface area (Å²) in [6, 6.07) is 4.27. The number of carbonyl (C=O) groups is 1. The molecule has 0 aromatic carbocycles. The highest BCUT2D eigenvalue weighted by molar-refractivity contribution is 5.77. The third kappa shape index (κ3) is 4.56. The van der Waals surface area contributed by atoms with Gasteiger partial charge < -0.3 is 14.5 Å². The van der Waals surface area contributed by atoms with Crippen molar-refractivity contribution in [1.82, 2.24) is 15.1 Å². The molecule has 3 aliphatic heterocycles. The molecule has 2 bridgehead atoms. The Bertz CT molecular complexity index is 491. The van der Waals surface area contributed by atoms with Gasteiger partial charge >= 0.3 is 0 Å². The van der Waals surface area contributed by atoms with Crippen LogP contribution in [0.15, 0.2) is 22.8 Å². The number of carbonyl (C=O) groups excluding carboxylic acids is 1. The molecule has 4 rings (SSSR count). The zero-order valence-electron chi connectivity index (χ0n) is 13.9. The molecule has 0 radical (unpaired) electrons. The number of ether oxygens (including phenoxy) is 1. The van der Waals surface area contributed by atoms with E-state index in [9.17, 15) is 4.79 Å². The lowest BCUT2D eigenvalue weighted by molar-refractivity contribution is -0.122. The number of hydrogen-bond donors (Lipinski definition) is 1. The van der Waals surface area contributed by atoms with Crippen molar-refractivity contribution in [2.24, 2.45) is 5.92 Å². The molecule has 1 amide bonds. The Morgan fingerprint density at radius 2 is 2.30 bits per heavy atom. The van der Waals surface area contributed by atoms with E-state index in [1.54, 1.807) is 13.4 Å². The minimum Gasteiger partial charge on any atom is -0.467 e. The van der Waals surface area contributed by atoms with Gasteiger partial charge in [0.25, 0.3) is 0 Å². The molecule has 6 heteroatoms. The maximum atomic E-state index is 12.2. The van der Waals surface area contributed by atoms with Crippen LogP contribution in [0.4, 0.5) is 0 Å². The molecule has 2 atom stereocenters. The van der Waals surface area contributed by atoms with Crippen LogP contribution in [0.2, 0.25) is 0 Å². The van der Waals surface area contributed by atoms with E-state index in [-0.39, 0.29) is 5.91 Å². The van der Waals surface area contributed by atoms with Gasteiger partial charge in [0.05, 0.1) is 26.0 Å². The molecule has 3 aliphatic rings. The second-order valence-electron chi connectivity index (χ2n) is 6.64. The molecular weight excluding hydrogens is 294 g/mol. The minimum atomic E-state index is 0.0751. The fraction of sp³-hybridized carbons (Fsp3) is 0.706. The Morgan fingerprint density at radius 1 is 1.39 bits per heavy atom. The Balaban J connectivity index is 1.48. The molecule has 4 heterocycles. The van der Waals surface area contributed by atoms with Gasteiger partial charge in [-0.1, -0.05) is 0 Å². The zero-order chi connectivity index (χ0) is 16.1. The fourth-order valence-corrected chi connectivity index (χ4v) is 3.75. The summed E-state index contributed by atoms with van der Waals surface area (Å²) in [5.41, 5.74) is 0. The van der Waals surface area contributed by atoms with Crippen LogP contribution in [0.5, 0.6) is 0 Å². The Labute approximate surface area is 137 Å². The summed E-state index contributed by atoms with van der Waals surface area (Å²) in [5.74, 6) is 1.54. The number of nitrogens with one attached hydrogen (secondary N) is 1. The molecule has 0 unspecified atom stereocenters. The summed E-state index contributed by atoms with van der Waals surface area (Å²) in [6.45, 7) is 5.86. The monoisotopic (exact) mass is 321 g/mol. The zero-order valence-corrected chi connectivity index (χ0v) is 13.9. The smallest absolute Gasteiger partial charge is 0.234 e. The predicted molar refractivity (Wildman–Crippen MR) is 87.0 cm³/mol. The first-order chi connectivity index (χ1) is 11.2. The number of hydrogen-bond acceptors (Lipinski definition) is 5. The third-order valence-corrected chi connectivity index (χ3v) is 4.89. The van der Waals surface area contributed by atoms with Crippen molar-refractivity contribution in [3.8, 4) is 0 Å². The highest BCUT2D eigenvalue weighted by Crippen LogP contribution is 2.27. The molecule has 3 fully saturated rings. The average molecular weight is 321 g/mol. The van der Waals surface area contributed by atoms with Crippen molar-refractivity contribution in [2.45, 2.75) is 25.4 Å². The standard InChI is InChI=1S/C17H27N3O3/c1-22-8-6-20-11-14-4-5-15(20)12-19(10-14)13-17(21)18-9-16-3-2-7-23-16/h2-3,7,14-15H,4-6,8-13H2,1H3,(H,18,21)/t14-,15+/m1/s1. The number of nitrogens with zero attached hydrogens (tertiary/aromatic N) is 2. The van der Waals surface area contributed by atoms with E-state index in [2.05, 4.69) is 15.1 Å². The van der Waals surface area contributed by atoms with Crippen LogP contribution >= 0.6 is 0 Å². The number of rotatable bonds is 7. The normalized spacial score (nSPS) is 25.4. The second-order valence-corrected chi connectivity index (χ2v) is 6.64. The molecule has 3 saturated heterocycles. The van der Waals surface area contributed by atoms with E-state index in [0.717, 1.165) is 38.5 Å². The summed E-state index contributed by atoms with van der Waals surface area (Å²) in [7, 11) is 1.76. The van der Waals surface area contributed by atoms with E-state index in [1.807, 2.05) is 12.1 Å². The first-order valence-corrected chi connectivity index (χ1v) is 8.49. The van der Waals surface area contributed by atoms with Crippen molar-refractivity contribution in [3.05, 3.63) is 24.2 Å². The van der Waals surface area contributed by atoms with Gasteiger partial charge in [-0.25, -0.2) is 0 Å². The van der Waals surface area contributed by atoms with Crippen molar-refractivity contribution < 1.29 is 13.9 Å². The van der Waals surface area contributed by atoms with Gasteiger partial charge in [-0.2, -0.15) is 0 Å². The summed E-state index contributed by atoms with van der Waals surface area (Å²) in [6.07, 6.45) is 4.14. The maximum Gasteiger partial charge on any atom is 0.234 e. The Kier molecular flexibility index (Phi) is 5.70. The summed E-state index contributed by atoms with van der Waals surface area (Å²) >= 11 is 0. The molecule has 1 aromatic rings. The number of fused-ring (bicyclic) bond motifs is 4. The molecular formula is C17H27N3O3.